The summed E-state index contributed by atoms with van der Waals surface area (Å²) in [6.45, 7) is 0. The van der Waals surface area contributed by atoms with Crippen molar-refractivity contribution in [2.45, 2.75) is 0 Å². The molecule has 0 bridgehead atoms. The second kappa shape index (κ2) is 5.07. The first kappa shape index (κ1) is 10.4. The lowest BCUT2D eigenvalue weighted by Gasteiger charge is -1.95. The van der Waals surface area contributed by atoms with Crippen LogP contribution in [0.15, 0.2) is 64.9 Å². The van der Waals surface area contributed by atoms with Crippen molar-refractivity contribution >= 4 is 6.21 Å². The van der Waals surface area contributed by atoms with Gasteiger partial charge in [0.05, 0.1) is 6.21 Å². The predicted octanol–water partition coefficient (Wildman–Crippen LogP) is 1.96. The number of benzene rings is 1. The fourth-order valence-corrected chi connectivity index (χ4v) is 1.31. The molecule has 0 N–H and O–H groups in total. The smallest absolute Gasteiger partial charge is 0.154 e. The van der Waals surface area contributed by atoms with Gasteiger partial charge in [0.15, 0.2) is 5.49 Å². The van der Waals surface area contributed by atoms with Gasteiger partial charge in [-0.2, -0.15) is 5.10 Å². The second-order valence-corrected chi connectivity index (χ2v) is 3.42. The van der Waals surface area contributed by atoms with Crippen LogP contribution in [0.2, 0.25) is 0 Å². The maximum atomic E-state index is 4.13. The molecule has 1 aromatic carbocycles. The van der Waals surface area contributed by atoms with Gasteiger partial charge in [0.1, 0.15) is 0 Å². The Morgan fingerprint density at radius 3 is 2.50 bits per heavy atom. The fraction of sp³-hybridized carbons (Fsp3) is 0.0769. The van der Waals surface area contributed by atoms with Crippen LogP contribution in [0.4, 0.5) is 0 Å². The minimum Gasteiger partial charge on any atom is -0.335 e. The van der Waals surface area contributed by atoms with Gasteiger partial charge in [-0.05, 0) is 17.7 Å². The molecular weight excluding hydrogens is 198 g/mol. The molecule has 1 heterocycles. The van der Waals surface area contributed by atoms with Crippen molar-refractivity contribution in [3.63, 3.8) is 0 Å². The van der Waals surface area contributed by atoms with Gasteiger partial charge in [-0.15, -0.1) is 5.10 Å². The summed E-state index contributed by atoms with van der Waals surface area (Å²) >= 11 is 0. The molecule has 16 heavy (non-hydrogen) atoms. The third-order valence-electron chi connectivity index (χ3n) is 2.19. The number of rotatable bonds is 2. The van der Waals surface area contributed by atoms with Crippen LogP contribution in [-0.2, 0) is 7.05 Å². The molecule has 2 aromatic rings. The van der Waals surface area contributed by atoms with Gasteiger partial charge in [-0.1, -0.05) is 36.4 Å². The summed E-state index contributed by atoms with van der Waals surface area (Å²) in [4.78, 5) is 0. The number of aryl methyl sites for hydroxylation is 1. The molecular formula is C13H13N3. The van der Waals surface area contributed by atoms with E-state index in [0.717, 1.165) is 11.1 Å². The van der Waals surface area contributed by atoms with Crippen LogP contribution in [0.3, 0.4) is 0 Å². The Kier molecular flexibility index (Phi) is 3.28. The summed E-state index contributed by atoms with van der Waals surface area (Å²) in [5.74, 6) is 0. The predicted molar refractivity (Wildman–Crippen MR) is 65.0 cm³/mol. The van der Waals surface area contributed by atoms with Crippen LogP contribution in [0.5, 0.6) is 0 Å². The van der Waals surface area contributed by atoms with Crippen LogP contribution >= 0.6 is 0 Å². The highest BCUT2D eigenvalue weighted by Crippen LogP contribution is 1.93. The third kappa shape index (κ3) is 2.67. The van der Waals surface area contributed by atoms with Crippen molar-refractivity contribution in [3.8, 4) is 0 Å². The Morgan fingerprint density at radius 2 is 1.75 bits per heavy atom. The van der Waals surface area contributed by atoms with E-state index in [1.165, 1.54) is 0 Å². The molecule has 0 aliphatic carbocycles. The molecule has 0 unspecified atom stereocenters. The monoisotopic (exact) mass is 211 g/mol. The van der Waals surface area contributed by atoms with Crippen molar-refractivity contribution in [1.82, 2.24) is 4.57 Å². The van der Waals surface area contributed by atoms with Crippen molar-refractivity contribution < 1.29 is 0 Å². The Morgan fingerprint density at radius 1 is 1.00 bits per heavy atom. The SMILES string of the molecule is Cn1cccc/c1=N\N=C\c1ccccc1. The van der Waals surface area contributed by atoms with Crippen LogP contribution in [0, 0.1) is 0 Å². The lowest BCUT2D eigenvalue weighted by atomic mass is 10.2. The van der Waals surface area contributed by atoms with Crippen molar-refractivity contribution in [2.75, 3.05) is 0 Å². The van der Waals surface area contributed by atoms with Gasteiger partial charge in [0.25, 0.3) is 0 Å². The summed E-state index contributed by atoms with van der Waals surface area (Å²) in [5.41, 5.74) is 1.87. The normalized spacial score (nSPS) is 12.2. The average Bonchev–Trinajstić information content (AvgIpc) is 2.33. The highest BCUT2D eigenvalue weighted by molar-refractivity contribution is 5.79. The third-order valence-corrected chi connectivity index (χ3v) is 2.19. The van der Waals surface area contributed by atoms with Gasteiger partial charge >= 0.3 is 0 Å². The summed E-state index contributed by atoms with van der Waals surface area (Å²) in [6, 6.07) is 15.7. The van der Waals surface area contributed by atoms with Crippen LogP contribution in [0.25, 0.3) is 0 Å². The number of pyridine rings is 1. The van der Waals surface area contributed by atoms with E-state index >= 15 is 0 Å². The Balaban J connectivity index is 2.22. The molecule has 3 nitrogen and oxygen atoms in total. The fourth-order valence-electron chi connectivity index (χ4n) is 1.31. The summed E-state index contributed by atoms with van der Waals surface area (Å²) in [6.07, 6.45) is 3.68. The van der Waals surface area contributed by atoms with Gasteiger partial charge in [-0.3, -0.25) is 0 Å². The van der Waals surface area contributed by atoms with Gasteiger partial charge < -0.3 is 4.57 Å². The van der Waals surface area contributed by atoms with E-state index < -0.39 is 0 Å². The average molecular weight is 211 g/mol. The minimum atomic E-state index is 0.828. The first-order valence-corrected chi connectivity index (χ1v) is 5.10. The topological polar surface area (TPSA) is 29.6 Å². The quantitative estimate of drug-likeness (QED) is 0.537. The molecule has 0 spiro atoms. The maximum absolute atomic E-state index is 4.13. The Bertz CT molecular complexity index is 538. The van der Waals surface area contributed by atoms with E-state index in [0.29, 0.717) is 0 Å². The minimum absolute atomic E-state index is 0.828. The van der Waals surface area contributed by atoms with Crippen LogP contribution < -0.4 is 5.49 Å². The second-order valence-electron chi connectivity index (χ2n) is 3.42. The number of nitrogens with zero attached hydrogens (tertiary/aromatic N) is 3. The van der Waals surface area contributed by atoms with E-state index in [1.807, 2.05) is 66.3 Å². The summed E-state index contributed by atoms with van der Waals surface area (Å²) in [5, 5.41) is 8.19. The number of hydrogen-bond donors (Lipinski definition) is 0. The molecule has 1 aromatic heterocycles. The van der Waals surface area contributed by atoms with Gasteiger partial charge in [0, 0.05) is 13.2 Å². The molecule has 0 radical (unpaired) electrons. The van der Waals surface area contributed by atoms with Gasteiger partial charge in [0.2, 0.25) is 0 Å². The molecule has 80 valence electrons. The maximum Gasteiger partial charge on any atom is 0.154 e. The zero-order valence-corrected chi connectivity index (χ0v) is 9.12. The highest BCUT2D eigenvalue weighted by atomic mass is 15.2. The Labute approximate surface area is 94.4 Å². The largest absolute Gasteiger partial charge is 0.335 e. The molecule has 2 rings (SSSR count). The zero-order chi connectivity index (χ0) is 11.2. The summed E-state index contributed by atoms with van der Waals surface area (Å²) < 4.78 is 1.92. The molecule has 0 aliphatic heterocycles. The number of hydrogen-bond acceptors (Lipinski definition) is 2. The van der Waals surface area contributed by atoms with Crippen LogP contribution in [-0.4, -0.2) is 10.8 Å². The lowest BCUT2D eigenvalue weighted by Crippen LogP contribution is -2.14. The summed E-state index contributed by atoms with van der Waals surface area (Å²) in [7, 11) is 1.94. The van der Waals surface area contributed by atoms with E-state index in [2.05, 4.69) is 10.2 Å². The van der Waals surface area contributed by atoms with Crippen molar-refractivity contribution in [1.29, 1.82) is 0 Å². The van der Waals surface area contributed by atoms with Crippen molar-refractivity contribution in [3.05, 3.63) is 65.8 Å². The molecule has 0 saturated carbocycles. The number of aromatic nitrogens is 1. The molecule has 0 aliphatic rings. The molecule has 3 heteroatoms. The molecule has 0 saturated heterocycles. The lowest BCUT2D eigenvalue weighted by molar-refractivity contribution is 0.816. The molecule has 0 fully saturated rings. The van der Waals surface area contributed by atoms with Gasteiger partial charge in [-0.25, -0.2) is 0 Å². The van der Waals surface area contributed by atoms with E-state index in [1.54, 1.807) is 6.21 Å². The van der Waals surface area contributed by atoms with E-state index in [9.17, 15) is 0 Å². The molecule has 0 amide bonds. The van der Waals surface area contributed by atoms with E-state index in [4.69, 9.17) is 0 Å². The zero-order valence-electron chi connectivity index (χ0n) is 9.12. The Hall–Kier alpha value is -2.16. The van der Waals surface area contributed by atoms with E-state index in [-0.39, 0.29) is 0 Å². The van der Waals surface area contributed by atoms with Crippen molar-refractivity contribution in [2.24, 2.45) is 17.3 Å². The first-order valence-electron chi connectivity index (χ1n) is 5.10. The standard InChI is InChI=1S/C13H13N3/c1-16-10-6-5-9-13(16)15-14-11-12-7-3-2-4-8-12/h2-11H,1H3/b14-11+,15-13+. The molecule has 0 atom stereocenters. The first-order chi connectivity index (χ1) is 7.86. The van der Waals surface area contributed by atoms with Crippen LogP contribution in [0.1, 0.15) is 5.56 Å². The highest BCUT2D eigenvalue weighted by Gasteiger charge is 1.84.